The van der Waals surface area contributed by atoms with Crippen LogP contribution in [0.25, 0.3) is 0 Å². The Morgan fingerprint density at radius 3 is 1.50 bits per heavy atom. The smallest absolute Gasteiger partial charge is 0.196 e. The van der Waals surface area contributed by atoms with E-state index in [0.717, 1.165) is 0 Å². The van der Waals surface area contributed by atoms with Gasteiger partial charge in [0.25, 0.3) is 0 Å². The monoisotopic (exact) mass is 422 g/mol. The molecule has 8 heteroatoms. The molecule has 0 spiro atoms. The number of hydrogen-bond donors (Lipinski definition) is 4. The topological polar surface area (TPSA) is 98.7 Å². The SMILES string of the molecule is O=C1c2ccccc2C(=O)c2c(NCC(O)CCl)ccc(NCC(O)CCl)c21. The summed E-state index contributed by atoms with van der Waals surface area (Å²) >= 11 is 11.3. The lowest BCUT2D eigenvalue weighted by atomic mass is 9.82. The molecule has 0 aromatic heterocycles. The van der Waals surface area contributed by atoms with E-state index in [2.05, 4.69) is 10.6 Å². The number of aliphatic hydroxyl groups excluding tert-OH is 2. The van der Waals surface area contributed by atoms with Gasteiger partial charge in [-0.15, -0.1) is 23.2 Å². The molecule has 0 heterocycles. The number of nitrogens with one attached hydrogen (secondary N) is 2. The zero-order valence-electron chi connectivity index (χ0n) is 14.9. The highest BCUT2D eigenvalue weighted by Crippen LogP contribution is 2.36. The number of fused-ring (bicyclic) bond motifs is 2. The Labute approximate surface area is 172 Å². The first-order chi connectivity index (χ1) is 13.5. The predicted octanol–water partition coefficient (Wildman–Crippen LogP) is 2.49. The van der Waals surface area contributed by atoms with E-state index < -0.39 is 12.2 Å². The Morgan fingerprint density at radius 2 is 1.14 bits per heavy atom. The highest BCUT2D eigenvalue weighted by Gasteiger charge is 2.33. The molecular formula is C20H20Cl2N2O4. The summed E-state index contributed by atoms with van der Waals surface area (Å²) in [5, 5.41) is 25.5. The number of anilines is 2. The highest BCUT2D eigenvalue weighted by atomic mass is 35.5. The molecule has 3 rings (SSSR count). The van der Waals surface area contributed by atoms with E-state index in [4.69, 9.17) is 23.2 Å². The van der Waals surface area contributed by atoms with Crippen LogP contribution in [-0.4, -0.2) is 58.8 Å². The van der Waals surface area contributed by atoms with Crippen molar-refractivity contribution in [1.82, 2.24) is 0 Å². The van der Waals surface area contributed by atoms with Gasteiger partial charge >= 0.3 is 0 Å². The van der Waals surface area contributed by atoms with Crippen LogP contribution >= 0.6 is 23.2 Å². The van der Waals surface area contributed by atoms with Crippen molar-refractivity contribution in [2.24, 2.45) is 0 Å². The van der Waals surface area contributed by atoms with Crippen molar-refractivity contribution < 1.29 is 19.8 Å². The standard InChI is InChI=1S/C20H20Cl2N2O4/c21-7-11(25)9-23-15-5-6-16(24-10-12(26)8-22)18-17(15)19(27)13-3-1-2-4-14(13)20(18)28/h1-6,11-12,23-26H,7-10H2. The van der Waals surface area contributed by atoms with Crippen molar-refractivity contribution in [3.8, 4) is 0 Å². The molecular weight excluding hydrogens is 403 g/mol. The Kier molecular flexibility index (Phi) is 6.57. The largest absolute Gasteiger partial charge is 0.390 e. The van der Waals surface area contributed by atoms with Gasteiger partial charge in [0.2, 0.25) is 0 Å². The van der Waals surface area contributed by atoms with Gasteiger partial charge in [-0.2, -0.15) is 0 Å². The fourth-order valence-corrected chi connectivity index (χ4v) is 3.30. The second-order valence-electron chi connectivity index (χ2n) is 6.49. The predicted molar refractivity (Wildman–Crippen MR) is 110 cm³/mol. The average molecular weight is 423 g/mol. The van der Waals surface area contributed by atoms with Gasteiger partial charge in [-0.05, 0) is 12.1 Å². The molecule has 0 saturated heterocycles. The molecule has 1 aliphatic carbocycles. The van der Waals surface area contributed by atoms with Gasteiger partial charge in [0, 0.05) is 35.6 Å². The van der Waals surface area contributed by atoms with E-state index in [-0.39, 0.29) is 47.5 Å². The third-order valence-corrected chi connectivity index (χ3v) is 5.20. The fraction of sp³-hybridized carbons (Fsp3) is 0.300. The van der Waals surface area contributed by atoms with Crippen molar-refractivity contribution in [2.75, 3.05) is 35.5 Å². The Bertz CT molecular complexity index is 832. The lowest BCUT2D eigenvalue weighted by molar-refractivity contribution is 0.0980. The zero-order valence-corrected chi connectivity index (χ0v) is 16.4. The molecule has 1 aliphatic rings. The molecule has 6 nitrogen and oxygen atoms in total. The van der Waals surface area contributed by atoms with Crippen LogP contribution in [0.15, 0.2) is 36.4 Å². The van der Waals surface area contributed by atoms with Crippen LogP contribution in [0.5, 0.6) is 0 Å². The zero-order chi connectivity index (χ0) is 20.3. The average Bonchev–Trinajstić information content (AvgIpc) is 2.73. The number of alkyl halides is 2. The molecule has 148 valence electrons. The van der Waals surface area contributed by atoms with E-state index in [1.165, 1.54) is 0 Å². The van der Waals surface area contributed by atoms with Crippen LogP contribution in [0.1, 0.15) is 31.8 Å². The quantitative estimate of drug-likeness (QED) is 0.416. The van der Waals surface area contributed by atoms with Crippen LogP contribution in [0.4, 0.5) is 11.4 Å². The number of carbonyl (C=O) groups excluding carboxylic acids is 2. The van der Waals surface area contributed by atoms with Crippen molar-refractivity contribution in [1.29, 1.82) is 0 Å². The second kappa shape index (κ2) is 8.92. The van der Waals surface area contributed by atoms with Crippen molar-refractivity contribution >= 4 is 46.1 Å². The first-order valence-corrected chi connectivity index (χ1v) is 9.86. The van der Waals surface area contributed by atoms with Crippen LogP contribution < -0.4 is 10.6 Å². The molecule has 0 radical (unpaired) electrons. The minimum Gasteiger partial charge on any atom is -0.390 e. The molecule has 28 heavy (non-hydrogen) atoms. The van der Waals surface area contributed by atoms with Crippen LogP contribution in [0.3, 0.4) is 0 Å². The van der Waals surface area contributed by atoms with Gasteiger partial charge in [-0.3, -0.25) is 9.59 Å². The van der Waals surface area contributed by atoms with E-state index in [1.54, 1.807) is 36.4 Å². The summed E-state index contributed by atoms with van der Waals surface area (Å²) in [5.74, 6) is -0.481. The molecule has 2 aromatic carbocycles. The molecule has 0 bridgehead atoms. The van der Waals surface area contributed by atoms with Crippen molar-refractivity contribution in [3.63, 3.8) is 0 Å². The van der Waals surface area contributed by atoms with Gasteiger partial charge in [0.15, 0.2) is 11.6 Å². The van der Waals surface area contributed by atoms with E-state index >= 15 is 0 Å². The molecule has 0 fully saturated rings. The summed E-state index contributed by atoms with van der Waals surface area (Å²) < 4.78 is 0. The number of ketones is 2. The third kappa shape index (κ3) is 4.00. The van der Waals surface area contributed by atoms with Crippen LogP contribution in [0.2, 0.25) is 0 Å². The first kappa shape index (κ1) is 20.6. The number of benzene rings is 2. The van der Waals surface area contributed by atoms with Gasteiger partial charge in [0.05, 0.1) is 35.1 Å². The maximum Gasteiger partial charge on any atom is 0.196 e. The van der Waals surface area contributed by atoms with Gasteiger partial charge in [0.1, 0.15) is 0 Å². The van der Waals surface area contributed by atoms with E-state index in [1.807, 2.05) is 0 Å². The molecule has 0 aliphatic heterocycles. The number of carbonyl (C=O) groups is 2. The summed E-state index contributed by atoms with van der Waals surface area (Å²) in [4.78, 5) is 26.3. The second-order valence-corrected chi connectivity index (χ2v) is 7.11. The van der Waals surface area contributed by atoms with Gasteiger partial charge < -0.3 is 20.8 Å². The summed E-state index contributed by atoms with van der Waals surface area (Å²) in [6.45, 7) is 0.271. The first-order valence-electron chi connectivity index (χ1n) is 8.79. The lowest BCUT2D eigenvalue weighted by Gasteiger charge is -2.24. The normalized spacial score (nSPS) is 14.9. The molecule has 4 N–H and O–H groups in total. The van der Waals surface area contributed by atoms with Crippen LogP contribution in [0, 0.1) is 0 Å². The molecule has 2 aromatic rings. The van der Waals surface area contributed by atoms with Gasteiger partial charge in [-0.25, -0.2) is 0 Å². The van der Waals surface area contributed by atoms with E-state index in [9.17, 15) is 19.8 Å². The molecule has 2 atom stereocenters. The van der Waals surface area contributed by atoms with Crippen LogP contribution in [-0.2, 0) is 0 Å². The van der Waals surface area contributed by atoms with Crippen molar-refractivity contribution in [2.45, 2.75) is 12.2 Å². The minimum absolute atomic E-state index is 0.0425. The minimum atomic E-state index is -0.796. The number of rotatable bonds is 8. The maximum atomic E-state index is 13.2. The Balaban J connectivity index is 2.07. The number of hydrogen-bond acceptors (Lipinski definition) is 6. The number of halogens is 2. The maximum absolute atomic E-state index is 13.2. The molecule has 2 unspecified atom stereocenters. The van der Waals surface area contributed by atoms with Crippen molar-refractivity contribution in [3.05, 3.63) is 58.7 Å². The summed E-state index contributed by atoms with van der Waals surface area (Å²) in [7, 11) is 0. The highest BCUT2D eigenvalue weighted by molar-refractivity contribution is 6.31. The van der Waals surface area contributed by atoms with Gasteiger partial charge in [-0.1, -0.05) is 24.3 Å². The molecule has 0 amide bonds. The summed E-state index contributed by atoms with van der Waals surface area (Å²) in [5.41, 5.74) is 2.01. The van der Waals surface area contributed by atoms with E-state index in [0.29, 0.717) is 22.5 Å². The fourth-order valence-electron chi connectivity index (χ4n) is 3.08. The number of aliphatic hydroxyl groups is 2. The summed E-state index contributed by atoms with van der Waals surface area (Å²) in [6, 6.07) is 9.97. The third-order valence-electron chi connectivity index (χ3n) is 4.49. The Morgan fingerprint density at radius 1 is 0.750 bits per heavy atom. The summed E-state index contributed by atoms with van der Waals surface area (Å²) in [6.07, 6.45) is -1.59. The Hall–Kier alpha value is -2.12. The molecule has 0 saturated carbocycles. The lowest BCUT2D eigenvalue weighted by Crippen LogP contribution is -2.28.